The van der Waals surface area contributed by atoms with E-state index >= 15 is 0 Å². The summed E-state index contributed by atoms with van der Waals surface area (Å²) in [5.74, 6) is -2.59. The molecule has 0 aliphatic carbocycles. The molecule has 0 amide bonds. The molecule has 0 aromatic rings. The third-order valence-electron chi connectivity index (χ3n) is 2.68. The molecule has 1 aliphatic heterocycles. The van der Waals surface area contributed by atoms with E-state index < -0.39 is 11.7 Å². The highest BCUT2D eigenvalue weighted by Gasteiger charge is 2.45. The maximum Gasteiger partial charge on any atom is 0.222 e. The minimum absolute atomic E-state index is 0.201. The number of hydrogen-bond donors (Lipinski definition) is 3. The zero-order chi connectivity index (χ0) is 11.5. The SMILES string of the molecule is CCOC(C)(OCC)C1CCC(O)(O)N1. The van der Waals surface area contributed by atoms with Crippen molar-refractivity contribution in [3.05, 3.63) is 0 Å². The van der Waals surface area contributed by atoms with Gasteiger partial charge in [-0.3, -0.25) is 5.32 Å². The number of rotatable bonds is 5. The van der Waals surface area contributed by atoms with E-state index in [4.69, 9.17) is 9.47 Å². The second kappa shape index (κ2) is 4.76. The second-order valence-electron chi connectivity index (χ2n) is 3.93. The molecule has 90 valence electrons. The second-order valence-corrected chi connectivity index (χ2v) is 3.93. The summed E-state index contributed by atoms with van der Waals surface area (Å²) in [6, 6.07) is -0.201. The first-order valence-electron chi connectivity index (χ1n) is 5.44. The van der Waals surface area contributed by atoms with Crippen molar-refractivity contribution in [3.63, 3.8) is 0 Å². The Bertz CT molecular complexity index is 202. The van der Waals surface area contributed by atoms with Crippen LogP contribution in [0.25, 0.3) is 0 Å². The predicted octanol–water partition coefficient (Wildman–Crippen LogP) is 0.166. The first kappa shape index (κ1) is 12.9. The summed E-state index contributed by atoms with van der Waals surface area (Å²) in [6.45, 7) is 6.64. The molecular weight excluding hydrogens is 198 g/mol. The molecule has 1 atom stereocenters. The van der Waals surface area contributed by atoms with E-state index in [1.807, 2.05) is 20.8 Å². The van der Waals surface area contributed by atoms with Gasteiger partial charge < -0.3 is 19.7 Å². The topological polar surface area (TPSA) is 71.0 Å². The summed E-state index contributed by atoms with van der Waals surface area (Å²) in [6.07, 6.45) is 0.900. The molecule has 5 nitrogen and oxygen atoms in total. The maximum absolute atomic E-state index is 9.40. The average Bonchev–Trinajstić information content (AvgIpc) is 2.47. The van der Waals surface area contributed by atoms with Crippen molar-refractivity contribution in [2.75, 3.05) is 13.2 Å². The van der Waals surface area contributed by atoms with Crippen LogP contribution in [0, 0.1) is 0 Å². The van der Waals surface area contributed by atoms with Gasteiger partial charge in [0.25, 0.3) is 0 Å². The number of hydrogen-bond acceptors (Lipinski definition) is 5. The molecule has 3 N–H and O–H groups in total. The summed E-state index contributed by atoms with van der Waals surface area (Å²) in [5, 5.41) is 21.5. The molecule has 1 fully saturated rings. The molecule has 0 radical (unpaired) electrons. The number of aliphatic hydroxyl groups is 2. The van der Waals surface area contributed by atoms with Crippen molar-refractivity contribution < 1.29 is 19.7 Å². The predicted molar refractivity (Wildman–Crippen MR) is 55.0 cm³/mol. The van der Waals surface area contributed by atoms with Crippen molar-refractivity contribution >= 4 is 0 Å². The lowest BCUT2D eigenvalue weighted by atomic mass is 10.1. The summed E-state index contributed by atoms with van der Waals surface area (Å²) in [5.41, 5.74) is 0. The number of nitrogens with one attached hydrogen (secondary N) is 1. The Morgan fingerprint density at radius 2 is 1.87 bits per heavy atom. The maximum atomic E-state index is 9.40. The van der Waals surface area contributed by atoms with Gasteiger partial charge in [0, 0.05) is 19.6 Å². The highest BCUT2D eigenvalue weighted by molar-refractivity contribution is 4.91. The van der Waals surface area contributed by atoms with Crippen LogP contribution in [0.1, 0.15) is 33.6 Å². The van der Waals surface area contributed by atoms with E-state index in [0.717, 1.165) is 0 Å². The van der Waals surface area contributed by atoms with Crippen molar-refractivity contribution in [3.8, 4) is 0 Å². The molecule has 0 aromatic carbocycles. The van der Waals surface area contributed by atoms with E-state index in [-0.39, 0.29) is 12.5 Å². The monoisotopic (exact) mass is 219 g/mol. The van der Waals surface area contributed by atoms with E-state index in [0.29, 0.717) is 19.6 Å². The van der Waals surface area contributed by atoms with E-state index in [1.54, 1.807) is 0 Å². The fourth-order valence-corrected chi connectivity index (χ4v) is 1.98. The van der Waals surface area contributed by atoms with Crippen molar-refractivity contribution in [1.82, 2.24) is 5.32 Å². The van der Waals surface area contributed by atoms with Crippen LogP contribution in [0.2, 0.25) is 0 Å². The fraction of sp³-hybridized carbons (Fsp3) is 1.00. The first-order valence-corrected chi connectivity index (χ1v) is 5.44. The van der Waals surface area contributed by atoms with E-state index in [9.17, 15) is 10.2 Å². The van der Waals surface area contributed by atoms with Crippen LogP contribution in [0.5, 0.6) is 0 Å². The summed E-state index contributed by atoms with van der Waals surface area (Å²) < 4.78 is 11.1. The molecule has 0 aromatic heterocycles. The van der Waals surface area contributed by atoms with Gasteiger partial charge in [-0.05, 0) is 27.2 Å². The van der Waals surface area contributed by atoms with Crippen molar-refractivity contribution in [1.29, 1.82) is 0 Å². The van der Waals surface area contributed by atoms with Gasteiger partial charge in [0.15, 0.2) is 5.79 Å². The molecule has 1 saturated heterocycles. The third-order valence-corrected chi connectivity index (χ3v) is 2.68. The lowest BCUT2D eigenvalue weighted by molar-refractivity contribution is -0.248. The molecule has 1 aliphatic rings. The van der Waals surface area contributed by atoms with Gasteiger partial charge in [0.2, 0.25) is 5.91 Å². The Kier molecular flexibility index (Phi) is 4.08. The Balaban J connectivity index is 2.64. The molecule has 1 rings (SSSR count). The minimum Gasteiger partial charge on any atom is -0.353 e. The van der Waals surface area contributed by atoms with Crippen LogP contribution in [0.15, 0.2) is 0 Å². The molecule has 15 heavy (non-hydrogen) atoms. The largest absolute Gasteiger partial charge is 0.353 e. The lowest BCUT2D eigenvalue weighted by Crippen LogP contribution is -2.54. The molecule has 0 spiro atoms. The van der Waals surface area contributed by atoms with E-state index in [2.05, 4.69) is 5.32 Å². The molecule has 1 unspecified atom stereocenters. The Morgan fingerprint density at radius 1 is 1.33 bits per heavy atom. The van der Waals surface area contributed by atoms with E-state index in [1.165, 1.54) is 0 Å². The highest BCUT2D eigenvalue weighted by atomic mass is 16.7. The summed E-state index contributed by atoms with van der Waals surface area (Å²) in [4.78, 5) is 0. The normalized spacial score (nSPS) is 25.8. The van der Waals surface area contributed by atoms with Crippen molar-refractivity contribution in [2.45, 2.75) is 51.4 Å². The van der Waals surface area contributed by atoms with Gasteiger partial charge in [-0.1, -0.05) is 0 Å². The standard InChI is InChI=1S/C10H21NO4/c1-4-14-9(3,15-5-2)8-6-7-10(12,13)11-8/h8,11-13H,4-7H2,1-3H3. The van der Waals surface area contributed by atoms with Crippen LogP contribution < -0.4 is 5.32 Å². The molecule has 0 bridgehead atoms. The molecular formula is C10H21NO4. The van der Waals surface area contributed by atoms with Gasteiger partial charge in [0.05, 0.1) is 6.04 Å². The zero-order valence-electron chi connectivity index (χ0n) is 9.62. The van der Waals surface area contributed by atoms with Crippen LogP contribution >= 0.6 is 0 Å². The minimum atomic E-state index is -1.79. The van der Waals surface area contributed by atoms with Crippen LogP contribution in [0.4, 0.5) is 0 Å². The quantitative estimate of drug-likeness (QED) is 0.575. The molecule has 0 saturated carbocycles. The van der Waals surface area contributed by atoms with Gasteiger partial charge in [-0.25, -0.2) is 0 Å². The fourth-order valence-electron chi connectivity index (χ4n) is 1.98. The van der Waals surface area contributed by atoms with Crippen molar-refractivity contribution in [2.24, 2.45) is 0 Å². The Morgan fingerprint density at radius 3 is 2.20 bits per heavy atom. The Hall–Kier alpha value is -0.200. The lowest BCUT2D eigenvalue weighted by Gasteiger charge is -2.35. The van der Waals surface area contributed by atoms with Gasteiger partial charge in [-0.15, -0.1) is 0 Å². The zero-order valence-corrected chi connectivity index (χ0v) is 9.62. The summed E-state index contributed by atoms with van der Waals surface area (Å²) >= 11 is 0. The third kappa shape index (κ3) is 3.12. The van der Waals surface area contributed by atoms with Crippen LogP contribution in [-0.4, -0.2) is 41.2 Å². The first-order chi connectivity index (χ1) is 6.93. The van der Waals surface area contributed by atoms with Gasteiger partial charge >= 0.3 is 0 Å². The van der Waals surface area contributed by atoms with Gasteiger partial charge in [-0.2, -0.15) is 0 Å². The smallest absolute Gasteiger partial charge is 0.222 e. The summed E-state index contributed by atoms with van der Waals surface area (Å²) in [7, 11) is 0. The number of ether oxygens (including phenoxy) is 2. The van der Waals surface area contributed by atoms with Gasteiger partial charge in [0.1, 0.15) is 0 Å². The average molecular weight is 219 g/mol. The van der Waals surface area contributed by atoms with Crippen LogP contribution in [-0.2, 0) is 9.47 Å². The van der Waals surface area contributed by atoms with Crippen LogP contribution in [0.3, 0.4) is 0 Å². The molecule has 5 heteroatoms. The Labute approximate surface area is 90.4 Å². The molecule has 1 heterocycles. The highest BCUT2D eigenvalue weighted by Crippen LogP contribution is 2.29.